The molecule has 0 saturated heterocycles. The zero-order chi connectivity index (χ0) is 18.6. The molecule has 2 aromatic rings. The fourth-order valence-corrected chi connectivity index (χ4v) is 2.17. The van der Waals surface area contributed by atoms with Crippen molar-refractivity contribution in [3.8, 4) is 5.88 Å². The zero-order valence-corrected chi connectivity index (χ0v) is 13.8. The van der Waals surface area contributed by atoms with Crippen LogP contribution in [0.1, 0.15) is 28.4 Å². The van der Waals surface area contributed by atoms with E-state index in [2.05, 4.69) is 20.3 Å². The first-order valence-electron chi connectivity index (χ1n) is 7.30. The Kier molecular flexibility index (Phi) is 5.45. The number of nitrogens with one attached hydrogen (secondary N) is 1. The highest BCUT2D eigenvalue weighted by atomic mass is 19.4. The second-order valence-corrected chi connectivity index (χ2v) is 4.98. The smallest absolute Gasteiger partial charge is 0.422 e. The molecule has 0 aliphatic rings. The number of ether oxygens (including phenoxy) is 2. The van der Waals surface area contributed by atoms with Crippen LogP contribution in [0.5, 0.6) is 5.88 Å². The van der Waals surface area contributed by atoms with Crippen molar-refractivity contribution in [2.24, 2.45) is 0 Å². The molecule has 0 aliphatic heterocycles. The number of hydrogen-bond donors (Lipinski definition) is 1. The van der Waals surface area contributed by atoms with Gasteiger partial charge in [-0.1, -0.05) is 6.07 Å². The fourth-order valence-electron chi connectivity index (χ4n) is 2.17. The molecule has 1 aromatic carbocycles. The molecule has 0 radical (unpaired) electrons. The van der Waals surface area contributed by atoms with E-state index in [1.807, 2.05) is 0 Å². The summed E-state index contributed by atoms with van der Waals surface area (Å²) in [5.41, 5.74) is -0.529. The molecule has 0 unspecified atom stereocenters. The van der Waals surface area contributed by atoms with Crippen molar-refractivity contribution in [2.45, 2.75) is 20.0 Å². The second-order valence-electron chi connectivity index (χ2n) is 4.98. The molecule has 6 nitrogen and oxygen atoms in total. The quantitative estimate of drug-likeness (QED) is 0.824. The van der Waals surface area contributed by atoms with Gasteiger partial charge in [0.05, 0.1) is 19.3 Å². The Morgan fingerprint density at radius 3 is 2.60 bits per heavy atom. The number of methoxy groups -OCH3 is 1. The molecule has 2 rings (SSSR count). The van der Waals surface area contributed by atoms with E-state index in [0.717, 1.165) is 7.11 Å². The van der Waals surface area contributed by atoms with Crippen LogP contribution >= 0.6 is 0 Å². The van der Waals surface area contributed by atoms with Crippen LogP contribution in [0.15, 0.2) is 24.3 Å². The average molecular weight is 355 g/mol. The summed E-state index contributed by atoms with van der Waals surface area (Å²) in [5, 5.41) is 9.92. The summed E-state index contributed by atoms with van der Waals surface area (Å²) in [4.78, 5) is 11.7. The van der Waals surface area contributed by atoms with Gasteiger partial charge in [0.15, 0.2) is 5.82 Å². The number of esters is 1. The Morgan fingerprint density at radius 2 is 2.00 bits per heavy atom. The van der Waals surface area contributed by atoms with Crippen molar-refractivity contribution in [1.29, 1.82) is 0 Å². The van der Waals surface area contributed by atoms with Crippen molar-refractivity contribution in [3.05, 3.63) is 41.0 Å². The minimum atomic E-state index is -4.64. The molecule has 134 valence electrons. The number of halogens is 3. The molecule has 0 amide bonds. The largest absolute Gasteiger partial charge is 0.479 e. The average Bonchev–Trinajstić information content (AvgIpc) is 2.55. The summed E-state index contributed by atoms with van der Waals surface area (Å²) in [6, 6.07) is 6.15. The van der Waals surface area contributed by atoms with Gasteiger partial charge in [0.2, 0.25) is 5.88 Å². The Bertz CT molecular complexity index is 779. The number of anilines is 2. The van der Waals surface area contributed by atoms with Crippen LogP contribution < -0.4 is 10.1 Å². The summed E-state index contributed by atoms with van der Waals surface area (Å²) in [6.45, 7) is 3.15. The molecule has 0 saturated carbocycles. The van der Waals surface area contributed by atoms with Crippen LogP contribution in [-0.2, 0) is 10.9 Å². The van der Waals surface area contributed by atoms with Crippen molar-refractivity contribution in [3.63, 3.8) is 0 Å². The van der Waals surface area contributed by atoms with Crippen LogP contribution in [0, 0.1) is 6.92 Å². The number of benzene rings is 1. The summed E-state index contributed by atoms with van der Waals surface area (Å²) in [5.74, 6) is -1.22. The van der Waals surface area contributed by atoms with Crippen LogP contribution in [-0.4, -0.2) is 29.9 Å². The van der Waals surface area contributed by atoms with Crippen molar-refractivity contribution >= 4 is 17.5 Å². The molecule has 25 heavy (non-hydrogen) atoms. The van der Waals surface area contributed by atoms with E-state index in [1.165, 1.54) is 19.1 Å². The highest BCUT2D eigenvalue weighted by molar-refractivity contribution is 5.90. The fraction of sp³-hybridized carbons (Fsp3) is 0.312. The molecule has 1 aromatic heterocycles. The van der Waals surface area contributed by atoms with Gasteiger partial charge < -0.3 is 14.8 Å². The summed E-state index contributed by atoms with van der Waals surface area (Å²) < 4.78 is 49.2. The molecule has 1 heterocycles. The molecule has 1 N–H and O–H groups in total. The predicted octanol–water partition coefficient (Wildman–Crippen LogP) is 3.73. The lowest BCUT2D eigenvalue weighted by Gasteiger charge is -2.16. The van der Waals surface area contributed by atoms with Gasteiger partial charge in [-0.15, -0.1) is 10.2 Å². The minimum Gasteiger partial charge on any atom is -0.479 e. The molecule has 9 heteroatoms. The SMILES string of the molecule is CCOC(=O)c1cccc(Nc2nnc(OC)c(C(F)(F)F)c2C)c1. The first kappa shape index (κ1) is 18.5. The van der Waals surface area contributed by atoms with Gasteiger partial charge in [0.25, 0.3) is 0 Å². The molecule has 0 fully saturated rings. The maximum atomic E-state index is 13.2. The van der Waals surface area contributed by atoms with E-state index in [-0.39, 0.29) is 23.6 Å². The lowest BCUT2D eigenvalue weighted by atomic mass is 10.1. The topological polar surface area (TPSA) is 73.3 Å². The molecule has 0 atom stereocenters. The van der Waals surface area contributed by atoms with Gasteiger partial charge in [0.1, 0.15) is 5.56 Å². The summed E-state index contributed by atoms with van der Waals surface area (Å²) >= 11 is 0. The zero-order valence-electron chi connectivity index (χ0n) is 13.8. The van der Waals surface area contributed by atoms with E-state index in [0.29, 0.717) is 5.69 Å². The monoisotopic (exact) mass is 355 g/mol. The Balaban J connectivity index is 2.38. The minimum absolute atomic E-state index is 0.0888. The van der Waals surface area contributed by atoms with Crippen LogP contribution in [0.4, 0.5) is 24.7 Å². The maximum absolute atomic E-state index is 13.2. The highest BCUT2D eigenvalue weighted by Crippen LogP contribution is 2.39. The van der Waals surface area contributed by atoms with Gasteiger partial charge in [-0.05, 0) is 32.0 Å². The van der Waals surface area contributed by atoms with Gasteiger partial charge in [-0.25, -0.2) is 4.79 Å². The van der Waals surface area contributed by atoms with Crippen molar-refractivity contribution < 1.29 is 27.4 Å². The number of hydrogen-bond acceptors (Lipinski definition) is 6. The van der Waals surface area contributed by atoms with Gasteiger partial charge in [-0.3, -0.25) is 0 Å². The van der Waals surface area contributed by atoms with Crippen molar-refractivity contribution in [1.82, 2.24) is 10.2 Å². The van der Waals surface area contributed by atoms with Crippen LogP contribution in [0.2, 0.25) is 0 Å². The third kappa shape index (κ3) is 4.17. The number of carbonyl (C=O) groups excluding carboxylic acids is 1. The number of carbonyl (C=O) groups is 1. The highest BCUT2D eigenvalue weighted by Gasteiger charge is 2.38. The number of aromatic nitrogens is 2. The molecule has 0 aliphatic carbocycles. The Hall–Kier alpha value is -2.84. The number of alkyl halides is 3. The molecule has 0 bridgehead atoms. The number of nitrogens with zero attached hydrogens (tertiary/aromatic N) is 2. The van der Waals surface area contributed by atoms with Crippen LogP contribution in [0.25, 0.3) is 0 Å². The second kappa shape index (κ2) is 7.37. The van der Waals surface area contributed by atoms with Crippen LogP contribution in [0.3, 0.4) is 0 Å². The third-order valence-electron chi connectivity index (χ3n) is 3.30. The molecular formula is C16H16F3N3O3. The lowest BCUT2D eigenvalue weighted by molar-refractivity contribution is -0.139. The van der Waals surface area contributed by atoms with E-state index < -0.39 is 23.6 Å². The normalized spacial score (nSPS) is 11.1. The predicted molar refractivity (Wildman–Crippen MR) is 84.0 cm³/mol. The van der Waals surface area contributed by atoms with E-state index in [1.54, 1.807) is 19.1 Å². The first-order chi connectivity index (χ1) is 11.8. The Labute approximate surface area is 142 Å². The summed E-state index contributed by atoms with van der Waals surface area (Å²) in [7, 11) is 1.09. The first-order valence-corrected chi connectivity index (χ1v) is 7.30. The Morgan fingerprint density at radius 1 is 1.28 bits per heavy atom. The maximum Gasteiger partial charge on any atom is 0.422 e. The van der Waals surface area contributed by atoms with Gasteiger partial charge in [-0.2, -0.15) is 13.2 Å². The van der Waals surface area contributed by atoms with E-state index in [4.69, 9.17) is 4.74 Å². The third-order valence-corrected chi connectivity index (χ3v) is 3.30. The molecular weight excluding hydrogens is 339 g/mol. The van der Waals surface area contributed by atoms with Crippen molar-refractivity contribution in [2.75, 3.05) is 19.0 Å². The van der Waals surface area contributed by atoms with E-state index in [9.17, 15) is 18.0 Å². The number of rotatable bonds is 5. The van der Waals surface area contributed by atoms with E-state index >= 15 is 0 Å². The van der Waals surface area contributed by atoms with Gasteiger partial charge >= 0.3 is 12.1 Å². The summed E-state index contributed by atoms with van der Waals surface area (Å²) in [6.07, 6.45) is -4.64. The van der Waals surface area contributed by atoms with Gasteiger partial charge in [0, 0.05) is 11.3 Å². The lowest BCUT2D eigenvalue weighted by Crippen LogP contribution is -2.14. The standard InChI is InChI=1S/C16H16F3N3O3/c1-4-25-15(23)10-6-5-7-11(8-10)20-13-9(2)12(16(17,18)19)14(24-3)22-21-13/h5-8H,4H2,1-3H3,(H,20,21). The molecule has 0 spiro atoms.